The van der Waals surface area contributed by atoms with Crippen LogP contribution in [0, 0.1) is 14.9 Å². The third-order valence-corrected chi connectivity index (χ3v) is 3.03. The van der Waals surface area contributed by atoms with Crippen LogP contribution >= 0.6 is 22.6 Å². The van der Waals surface area contributed by atoms with Gasteiger partial charge in [0, 0.05) is 9.77 Å². The molecule has 1 rings (SSSR count). The maximum atomic E-state index is 12.8. The third kappa shape index (κ3) is 2.88. The number of hydrogen-bond donors (Lipinski definition) is 0. The Morgan fingerprint density at radius 3 is 2.82 bits per heavy atom. The molecule has 0 N–H and O–H groups in total. The van der Waals surface area contributed by atoms with Crippen molar-refractivity contribution in [3.05, 3.63) is 26.6 Å². The summed E-state index contributed by atoms with van der Waals surface area (Å²) in [7, 11) is 0. The zero-order valence-corrected chi connectivity index (χ0v) is 10.9. The Hall–Kier alpha value is -1.30. The van der Waals surface area contributed by atoms with Gasteiger partial charge in [-0.1, -0.05) is 0 Å². The standard InChI is InChI=1S/C10H7F2IN2O2/c1-2-17-10(16)5-4-15-6(3-14)7(8(5)13)9(11)12/h4,9H,2H2,1H3. The summed E-state index contributed by atoms with van der Waals surface area (Å²) in [6.07, 6.45) is -1.79. The SMILES string of the molecule is CCOC(=O)c1cnc(C#N)c(C(F)F)c1I. The van der Waals surface area contributed by atoms with Crippen molar-refractivity contribution in [2.24, 2.45) is 0 Å². The molecule has 0 atom stereocenters. The number of pyridine rings is 1. The predicted octanol–water partition coefficient (Wildman–Crippen LogP) is 2.67. The molecule has 0 aliphatic rings. The first-order chi connectivity index (χ1) is 8.02. The van der Waals surface area contributed by atoms with Crippen molar-refractivity contribution < 1.29 is 18.3 Å². The lowest BCUT2D eigenvalue weighted by Gasteiger charge is -2.09. The minimum absolute atomic E-state index is 0.00241. The summed E-state index contributed by atoms with van der Waals surface area (Å²) >= 11 is 1.59. The van der Waals surface area contributed by atoms with Crippen LogP contribution in [-0.4, -0.2) is 17.6 Å². The summed E-state index contributed by atoms with van der Waals surface area (Å²) in [5.41, 5.74) is -0.960. The number of rotatable bonds is 3. The molecule has 17 heavy (non-hydrogen) atoms. The van der Waals surface area contributed by atoms with Gasteiger partial charge < -0.3 is 4.74 Å². The largest absolute Gasteiger partial charge is 0.462 e. The van der Waals surface area contributed by atoms with E-state index in [1.54, 1.807) is 35.6 Å². The number of nitriles is 1. The average molecular weight is 352 g/mol. The fraction of sp³-hybridized carbons (Fsp3) is 0.300. The molecule has 1 aromatic heterocycles. The van der Waals surface area contributed by atoms with Gasteiger partial charge in [-0.2, -0.15) is 5.26 Å². The van der Waals surface area contributed by atoms with E-state index in [0.717, 1.165) is 6.20 Å². The van der Waals surface area contributed by atoms with E-state index in [-0.39, 0.29) is 21.4 Å². The number of carbonyl (C=O) groups excluding carboxylic acids is 1. The van der Waals surface area contributed by atoms with Crippen LogP contribution in [-0.2, 0) is 4.74 Å². The molecular formula is C10H7F2IN2O2. The van der Waals surface area contributed by atoms with E-state index < -0.39 is 18.0 Å². The summed E-state index contributed by atoms with van der Waals surface area (Å²) in [6.45, 7) is 1.74. The number of nitrogens with zero attached hydrogens (tertiary/aromatic N) is 2. The molecule has 0 spiro atoms. The highest BCUT2D eigenvalue weighted by Gasteiger charge is 2.24. The van der Waals surface area contributed by atoms with E-state index in [4.69, 9.17) is 10.00 Å². The zero-order chi connectivity index (χ0) is 13.0. The Morgan fingerprint density at radius 2 is 2.35 bits per heavy atom. The lowest BCUT2D eigenvalue weighted by molar-refractivity contribution is 0.0524. The highest BCUT2D eigenvalue weighted by atomic mass is 127. The molecule has 0 aliphatic heterocycles. The zero-order valence-electron chi connectivity index (χ0n) is 8.71. The maximum Gasteiger partial charge on any atom is 0.340 e. The Balaban J connectivity index is 3.34. The van der Waals surface area contributed by atoms with Crippen LogP contribution in [0.2, 0.25) is 0 Å². The molecule has 0 amide bonds. The van der Waals surface area contributed by atoms with E-state index in [1.165, 1.54) is 0 Å². The highest BCUT2D eigenvalue weighted by molar-refractivity contribution is 14.1. The molecular weight excluding hydrogens is 345 g/mol. The van der Waals surface area contributed by atoms with Crippen LogP contribution in [0.3, 0.4) is 0 Å². The molecule has 1 aromatic rings. The Bertz CT molecular complexity index is 486. The minimum Gasteiger partial charge on any atom is -0.462 e. The Labute approximate surface area is 110 Å². The second-order valence-electron chi connectivity index (χ2n) is 2.88. The van der Waals surface area contributed by atoms with Gasteiger partial charge in [-0.25, -0.2) is 18.6 Å². The van der Waals surface area contributed by atoms with E-state index >= 15 is 0 Å². The number of carbonyl (C=O) groups is 1. The lowest BCUT2D eigenvalue weighted by atomic mass is 10.1. The van der Waals surface area contributed by atoms with Gasteiger partial charge in [-0.15, -0.1) is 0 Å². The maximum absolute atomic E-state index is 12.8. The van der Waals surface area contributed by atoms with Gasteiger partial charge in [-0.05, 0) is 29.5 Å². The molecule has 1 heterocycles. The first-order valence-corrected chi connectivity index (χ1v) is 5.64. The molecule has 0 bridgehead atoms. The molecule has 0 saturated heterocycles. The van der Waals surface area contributed by atoms with Gasteiger partial charge in [0.05, 0.1) is 17.7 Å². The lowest BCUT2D eigenvalue weighted by Crippen LogP contribution is -2.11. The van der Waals surface area contributed by atoms with Crippen molar-refractivity contribution in [3.63, 3.8) is 0 Å². The van der Waals surface area contributed by atoms with E-state index in [1.807, 2.05) is 0 Å². The van der Waals surface area contributed by atoms with Crippen molar-refractivity contribution in [2.45, 2.75) is 13.3 Å². The molecule has 7 heteroatoms. The van der Waals surface area contributed by atoms with Crippen molar-refractivity contribution in [3.8, 4) is 6.07 Å². The summed E-state index contributed by atoms with van der Waals surface area (Å²) in [6, 6.07) is 1.57. The topological polar surface area (TPSA) is 63.0 Å². The van der Waals surface area contributed by atoms with E-state index in [9.17, 15) is 13.6 Å². The average Bonchev–Trinajstić information content (AvgIpc) is 2.27. The van der Waals surface area contributed by atoms with Crippen molar-refractivity contribution in [2.75, 3.05) is 6.61 Å². The minimum atomic E-state index is -2.86. The predicted molar refractivity (Wildman–Crippen MR) is 62.6 cm³/mol. The van der Waals surface area contributed by atoms with Gasteiger partial charge in [0.25, 0.3) is 6.43 Å². The second-order valence-corrected chi connectivity index (χ2v) is 3.96. The number of hydrogen-bond acceptors (Lipinski definition) is 4. The quantitative estimate of drug-likeness (QED) is 0.620. The van der Waals surface area contributed by atoms with Crippen molar-refractivity contribution in [1.82, 2.24) is 4.98 Å². The fourth-order valence-corrected chi connectivity index (χ4v) is 1.99. The summed E-state index contributed by atoms with van der Waals surface area (Å²) in [5, 5.41) is 8.66. The molecule has 0 fully saturated rings. The van der Waals surface area contributed by atoms with Gasteiger partial charge >= 0.3 is 5.97 Å². The van der Waals surface area contributed by atoms with Crippen LogP contribution < -0.4 is 0 Å². The smallest absolute Gasteiger partial charge is 0.340 e. The number of halogens is 3. The molecule has 90 valence electrons. The van der Waals surface area contributed by atoms with E-state index in [0.29, 0.717) is 0 Å². The molecule has 0 unspecified atom stereocenters. The van der Waals surface area contributed by atoms with Crippen LogP contribution in [0.5, 0.6) is 0 Å². The van der Waals surface area contributed by atoms with Gasteiger partial charge in [0.2, 0.25) is 0 Å². The number of ether oxygens (including phenoxy) is 1. The second kappa shape index (κ2) is 5.86. The number of alkyl halides is 2. The van der Waals surface area contributed by atoms with Gasteiger partial charge in [0.15, 0.2) is 0 Å². The van der Waals surface area contributed by atoms with Crippen molar-refractivity contribution in [1.29, 1.82) is 5.26 Å². The molecule has 0 saturated carbocycles. The number of esters is 1. The fourth-order valence-electron chi connectivity index (χ4n) is 1.14. The highest BCUT2D eigenvalue weighted by Crippen LogP contribution is 2.29. The summed E-state index contributed by atoms with van der Waals surface area (Å²) in [4.78, 5) is 15.0. The number of aromatic nitrogens is 1. The Kier molecular flexibility index (Phi) is 4.74. The van der Waals surface area contributed by atoms with Gasteiger partial charge in [-0.3, -0.25) is 0 Å². The molecule has 0 aliphatic carbocycles. The van der Waals surface area contributed by atoms with Crippen LogP contribution in [0.1, 0.15) is 35.0 Å². The normalized spacial score (nSPS) is 10.1. The molecule has 0 aromatic carbocycles. The monoisotopic (exact) mass is 352 g/mol. The van der Waals surface area contributed by atoms with E-state index in [2.05, 4.69) is 4.98 Å². The third-order valence-electron chi connectivity index (χ3n) is 1.87. The first-order valence-electron chi connectivity index (χ1n) is 4.56. The summed E-state index contributed by atoms with van der Waals surface area (Å²) < 4.78 is 30.2. The van der Waals surface area contributed by atoms with Crippen molar-refractivity contribution >= 4 is 28.6 Å². The molecule has 0 radical (unpaired) electrons. The summed E-state index contributed by atoms with van der Waals surface area (Å²) in [5.74, 6) is -0.726. The van der Waals surface area contributed by atoms with Gasteiger partial charge in [0.1, 0.15) is 11.8 Å². The van der Waals surface area contributed by atoms with Crippen LogP contribution in [0.4, 0.5) is 8.78 Å². The Morgan fingerprint density at radius 1 is 1.71 bits per heavy atom. The molecule has 4 nitrogen and oxygen atoms in total. The van der Waals surface area contributed by atoms with Crippen LogP contribution in [0.25, 0.3) is 0 Å². The first kappa shape index (κ1) is 13.8. The van der Waals surface area contributed by atoms with Crippen LogP contribution in [0.15, 0.2) is 6.20 Å².